The zero-order valence-electron chi connectivity index (χ0n) is 18.5. The van der Waals surface area contributed by atoms with Gasteiger partial charge in [0.25, 0.3) is 5.91 Å². The molecule has 0 aliphatic carbocycles. The molecule has 1 aliphatic rings. The molecule has 1 aromatic heterocycles. The van der Waals surface area contributed by atoms with Crippen LogP contribution < -0.4 is 19.9 Å². The molecule has 1 aromatic carbocycles. The zero-order chi connectivity index (χ0) is 21.5. The maximum Gasteiger partial charge on any atom is 0.263 e. The summed E-state index contributed by atoms with van der Waals surface area (Å²) in [5, 5.41) is 3.11. The summed E-state index contributed by atoms with van der Waals surface area (Å²) in [5.74, 6) is 2.62. The van der Waals surface area contributed by atoms with Crippen LogP contribution in [0.2, 0.25) is 0 Å². The summed E-state index contributed by atoms with van der Waals surface area (Å²) in [7, 11) is 1.95. The van der Waals surface area contributed by atoms with Crippen LogP contribution in [0.4, 0.5) is 17.5 Å². The van der Waals surface area contributed by atoms with Gasteiger partial charge in [-0.05, 0) is 37.8 Å². The third-order valence-electron chi connectivity index (χ3n) is 5.54. The maximum absolute atomic E-state index is 13.3. The van der Waals surface area contributed by atoms with E-state index >= 15 is 0 Å². The Hall–Kier alpha value is -2.83. The van der Waals surface area contributed by atoms with Crippen LogP contribution in [-0.4, -0.2) is 49.2 Å². The van der Waals surface area contributed by atoms with Crippen LogP contribution in [0.15, 0.2) is 30.5 Å². The summed E-state index contributed by atoms with van der Waals surface area (Å²) in [6, 6.07) is 7.77. The van der Waals surface area contributed by atoms with Gasteiger partial charge in [0, 0.05) is 44.6 Å². The fourth-order valence-electron chi connectivity index (χ4n) is 3.47. The van der Waals surface area contributed by atoms with Crippen molar-refractivity contribution in [3.8, 4) is 5.75 Å². The molecule has 7 nitrogen and oxygen atoms in total. The summed E-state index contributed by atoms with van der Waals surface area (Å²) in [4.78, 5) is 25.9. The number of amides is 1. The topological polar surface area (TPSA) is 70.6 Å². The van der Waals surface area contributed by atoms with Gasteiger partial charge in [0.2, 0.25) is 5.95 Å². The molecule has 0 bridgehead atoms. The molecular formula is C23H33N5O2. The lowest BCUT2D eigenvalue weighted by atomic mass is 10.0. The van der Waals surface area contributed by atoms with E-state index in [2.05, 4.69) is 29.1 Å². The zero-order valence-corrected chi connectivity index (χ0v) is 18.5. The van der Waals surface area contributed by atoms with Crippen LogP contribution in [0, 0.1) is 5.92 Å². The van der Waals surface area contributed by atoms with Crippen molar-refractivity contribution in [2.45, 2.75) is 40.0 Å². The molecule has 0 saturated heterocycles. The van der Waals surface area contributed by atoms with Crippen LogP contribution in [0.5, 0.6) is 5.75 Å². The Morgan fingerprint density at radius 3 is 2.87 bits per heavy atom. The first-order valence-corrected chi connectivity index (χ1v) is 10.9. The van der Waals surface area contributed by atoms with E-state index in [0.717, 1.165) is 30.3 Å². The Labute approximate surface area is 179 Å². The number of hydrogen-bond acceptors (Lipinski definition) is 6. The van der Waals surface area contributed by atoms with E-state index < -0.39 is 0 Å². The van der Waals surface area contributed by atoms with Crippen LogP contribution in [0.25, 0.3) is 0 Å². The molecule has 2 aromatic rings. The van der Waals surface area contributed by atoms with Crippen LogP contribution in [-0.2, 0) is 0 Å². The van der Waals surface area contributed by atoms with Crippen molar-refractivity contribution in [3.63, 3.8) is 0 Å². The molecule has 7 heteroatoms. The molecular weight excluding hydrogens is 378 g/mol. The van der Waals surface area contributed by atoms with Crippen LogP contribution in [0.3, 0.4) is 0 Å². The summed E-state index contributed by atoms with van der Waals surface area (Å²) >= 11 is 0. The monoisotopic (exact) mass is 411 g/mol. The summed E-state index contributed by atoms with van der Waals surface area (Å²) in [6.07, 6.45) is 5.01. The van der Waals surface area contributed by atoms with Crippen molar-refractivity contribution in [1.29, 1.82) is 0 Å². The van der Waals surface area contributed by atoms with E-state index in [1.807, 2.05) is 43.1 Å². The lowest BCUT2D eigenvalue weighted by Crippen LogP contribution is -2.33. The minimum absolute atomic E-state index is 0.0914. The number of fused-ring (bicyclic) bond motifs is 1. The lowest BCUT2D eigenvalue weighted by molar-refractivity contribution is 0.0989. The van der Waals surface area contributed by atoms with E-state index in [1.54, 1.807) is 11.1 Å². The summed E-state index contributed by atoms with van der Waals surface area (Å²) in [6.45, 7) is 9.15. The fraction of sp³-hybridized carbons (Fsp3) is 0.522. The first kappa shape index (κ1) is 21.9. The van der Waals surface area contributed by atoms with Gasteiger partial charge in [-0.25, -0.2) is 4.98 Å². The number of aromatic nitrogens is 2. The highest BCUT2D eigenvalue weighted by atomic mass is 16.5. The molecule has 3 rings (SSSR count). The third kappa shape index (κ3) is 5.20. The minimum Gasteiger partial charge on any atom is -0.494 e. The summed E-state index contributed by atoms with van der Waals surface area (Å²) in [5.41, 5.74) is 1.34. The van der Waals surface area contributed by atoms with Crippen LogP contribution >= 0.6 is 0 Å². The summed E-state index contributed by atoms with van der Waals surface area (Å²) < 4.78 is 5.95. The van der Waals surface area contributed by atoms with Gasteiger partial charge in [-0.2, -0.15) is 4.98 Å². The molecule has 30 heavy (non-hydrogen) atoms. The second kappa shape index (κ2) is 10.3. The van der Waals surface area contributed by atoms with Crippen molar-refractivity contribution in [2.75, 3.05) is 48.4 Å². The van der Waals surface area contributed by atoms with E-state index in [9.17, 15) is 4.79 Å². The van der Waals surface area contributed by atoms with Crippen LogP contribution in [0.1, 0.15) is 50.4 Å². The first-order valence-electron chi connectivity index (χ1n) is 10.9. The molecule has 0 spiro atoms. The Morgan fingerprint density at radius 1 is 1.27 bits per heavy atom. The number of rotatable bonds is 9. The lowest BCUT2D eigenvalue weighted by Gasteiger charge is -2.21. The van der Waals surface area contributed by atoms with Gasteiger partial charge in [-0.1, -0.05) is 26.3 Å². The number of carbonyl (C=O) groups is 1. The number of hydrogen-bond donors (Lipinski definition) is 1. The predicted molar refractivity (Wildman–Crippen MR) is 122 cm³/mol. The molecule has 0 saturated carbocycles. The Bertz CT molecular complexity index is 857. The molecule has 1 aliphatic heterocycles. The largest absolute Gasteiger partial charge is 0.494 e. The fourth-order valence-corrected chi connectivity index (χ4v) is 3.47. The number of likely N-dealkylation sites (N-methyl/N-ethyl adjacent to an activating group) is 1. The minimum atomic E-state index is -0.0914. The number of anilines is 3. The van der Waals surface area contributed by atoms with Gasteiger partial charge in [-0.15, -0.1) is 0 Å². The molecule has 1 unspecified atom stereocenters. The smallest absolute Gasteiger partial charge is 0.263 e. The van der Waals surface area contributed by atoms with Crippen molar-refractivity contribution in [2.24, 2.45) is 5.92 Å². The first-order chi connectivity index (χ1) is 14.5. The number of benzene rings is 1. The van der Waals surface area contributed by atoms with E-state index in [1.165, 1.54) is 12.8 Å². The number of carbonyl (C=O) groups excluding carboxylic acids is 1. The highest BCUT2D eigenvalue weighted by Crippen LogP contribution is 2.28. The van der Waals surface area contributed by atoms with Gasteiger partial charge in [0.1, 0.15) is 17.1 Å². The third-order valence-corrected chi connectivity index (χ3v) is 5.54. The highest BCUT2D eigenvalue weighted by molar-refractivity contribution is 6.09. The van der Waals surface area contributed by atoms with Gasteiger partial charge < -0.3 is 19.9 Å². The van der Waals surface area contributed by atoms with Gasteiger partial charge in [0.15, 0.2) is 0 Å². The molecule has 1 N–H and O–H groups in total. The van der Waals surface area contributed by atoms with Gasteiger partial charge >= 0.3 is 0 Å². The number of nitrogens with one attached hydrogen (secondary N) is 1. The van der Waals surface area contributed by atoms with Crippen molar-refractivity contribution >= 4 is 23.4 Å². The number of ether oxygens (including phenoxy) is 1. The maximum atomic E-state index is 13.3. The van der Waals surface area contributed by atoms with Crippen molar-refractivity contribution in [1.82, 2.24) is 9.97 Å². The van der Waals surface area contributed by atoms with Gasteiger partial charge in [-0.3, -0.25) is 4.79 Å². The molecule has 1 amide bonds. The number of nitrogens with zero attached hydrogens (tertiary/aromatic N) is 4. The van der Waals surface area contributed by atoms with E-state index in [0.29, 0.717) is 37.0 Å². The average molecular weight is 412 g/mol. The standard InChI is InChI=1S/C23H33N5O2/c1-5-17(3)9-8-14-30-19-11-7-10-18(15-19)28-13-12-27(4)21-20(22(28)29)16-25-23(26-21)24-6-2/h7,10-11,15-17H,5-6,8-9,12-14H2,1-4H3,(H,24,25,26). The van der Waals surface area contributed by atoms with Gasteiger partial charge in [0.05, 0.1) is 6.61 Å². The molecule has 0 fully saturated rings. The van der Waals surface area contributed by atoms with Crippen molar-refractivity contribution < 1.29 is 9.53 Å². The average Bonchev–Trinajstić information content (AvgIpc) is 2.88. The normalized spacial score (nSPS) is 14.9. The van der Waals surface area contributed by atoms with Crippen molar-refractivity contribution in [3.05, 3.63) is 36.0 Å². The molecule has 0 radical (unpaired) electrons. The van der Waals surface area contributed by atoms with E-state index in [-0.39, 0.29) is 5.91 Å². The van der Waals surface area contributed by atoms with E-state index in [4.69, 9.17) is 4.74 Å². The molecule has 1 atom stereocenters. The quantitative estimate of drug-likeness (QED) is 0.623. The SMILES string of the molecule is CCNc1ncc2c(n1)N(C)CCN(c1cccc(OCCCC(C)CC)c1)C2=O. The second-order valence-corrected chi connectivity index (χ2v) is 7.84. The highest BCUT2D eigenvalue weighted by Gasteiger charge is 2.28. The predicted octanol–water partition coefficient (Wildman–Crippen LogP) is 4.21. The Balaban J connectivity index is 1.75. The molecule has 2 heterocycles. The second-order valence-electron chi connectivity index (χ2n) is 7.84. The molecule has 162 valence electrons. The Morgan fingerprint density at radius 2 is 2.10 bits per heavy atom. The Kier molecular flexibility index (Phi) is 7.49.